The van der Waals surface area contributed by atoms with E-state index in [9.17, 15) is 4.79 Å². The van der Waals surface area contributed by atoms with Crippen molar-refractivity contribution in [3.05, 3.63) is 0 Å². The Bertz CT molecular complexity index is 204. The smallest absolute Gasteiger partial charge is 0.224 e. The second-order valence-corrected chi connectivity index (χ2v) is 4.48. The van der Waals surface area contributed by atoms with E-state index >= 15 is 0 Å². The highest BCUT2D eigenvalue weighted by molar-refractivity contribution is 7.81. The van der Waals surface area contributed by atoms with Gasteiger partial charge < -0.3 is 9.64 Å². The Morgan fingerprint density at radius 1 is 1.38 bits per heavy atom. The zero-order chi connectivity index (χ0) is 9.26. The maximum atomic E-state index is 11.5. The number of hydrogen-bond acceptors (Lipinski definition) is 3. The molecule has 3 nitrogen and oxygen atoms in total. The average molecular weight is 201 g/mol. The maximum Gasteiger partial charge on any atom is 0.224 e. The van der Waals surface area contributed by atoms with Crippen LogP contribution in [-0.2, 0) is 9.53 Å². The summed E-state index contributed by atoms with van der Waals surface area (Å²) in [5, 5.41) is 0.246. The molecule has 2 heterocycles. The molecule has 0 aromatic carbocycles. The molecule has 1 unspecified atom stereocenters. The van der Waals surface area contributed by atoms with Crippen LogP contribution in [0.15, 0.2) is 0 Å². The zero-order valence-electron chi connectivity index (χ0n) is 7.61. The number of rotatable bonds is 1. The molecule has 2 rings (SSSR count). The minimum atomic E-state index is 0.246. The molecule has 0 N–H and O–H groups in total. The Labute approximate surface area is 83.8 Å². The fraction of sp³-hybridized carbons (Fsp3) is 0.889. The Balaban J connectivity index is 1.95. The predicted molar refractivity (Wildman–Crippen MR) is 52.9 cm³/mol. The molecular formula is C9H15NO2S. The van der Waals surface area contributed by atoms with Gasteiger partial charge in [0.05, 0.1) is 0 Å². The van der Waals surface area contributed by atoms with Crippen LogP contribution in [0.1, 0.15) is 19.3 Å². The highest BCUT2D eigenvalue weighted by Crippen LogP contribution is 2.23. The van der Waals surface area contributed by atoms with E-state index in [0.29, 0.717) is 12.5 Å². The Kier molecular flexibility index (Phi) is 2.79. The Morgan fingerprint density at radius 2 is 2.08 bits per heavy atom. The van der Waals surface area contributed by atoms with Gasteiger partial charge in [-0.15, -0.1) is 0 Å². The molecule has 74 valence electrons. The zero-order valence-corrected chi connectivity index (χ0v) is 8.50. The lowest BCUT2D eigenvalue weighted by Gasteiger charge is -2.31. The van der Waals surface area contributed by atoms with Crippen LogP contribution in [0.4, 0.5) is 0 Å². The Morgan fingerprint density at radius 3 is 2.62 bits per heavy atom. The van der Waals surface area contributed by atoms with Crippen LogP contribution in [-0.4, -0.2) is 41.9 Å². The van der Waals surface area contributed by atoms with E-state index in [2.05, 4.69) is 12.6 Å². The quantitative estimate of drug-likeness (QED) is 0.633. The van der Waals surface area contributed by atoms with Gasteiger partial charge in [0.15, 0.2) is 0 Å². The molecule has 13 heavy (non-hydrogen) atoms. The molecule has 2 aliphatic heterocycles. The number of ether oxygens (including phenoxy) is 1. The van der Waals surface area contributed by atoms with Crippen molar-refractivity contribution < 1.29 is 9.53 Å². The molecule has 2 saturated heterocycles. The van der Waals surface area contributed by atoms with Gasteiger partial charge in [-0.1, -0.05) is 0 Å². The lowest BCUT2D eigenvalue weighted by Crippen LogP contribution is -2.40. The largest absolute Gasteiger partial charge is 0.381 e. The number of carbonyl (C=O) groups excluding carboxylic acids is 1. The lowest BCUT2D eigenvalue weighted by molar-refractivity contribution is -0.131. The average Bonchev–Trinajstić information content (AvgIpc) is 2.47. The summed E-state index contributed by atoms with van der Waals surface area (Å²) in [6, 6.07) is 0.415. The van der Waals surface area contributed by atoms with Gasteiger partial charge in [0.1, 0.15) is 0 Å². The molecule has 0 radical (unpaired) electrons. The highest BCUT2D eigenvalue weighted by Gasteiger charge is 2.33. The van der Waals surface area contributed by atoms with Crippen molar-refractivity contribution in [3.8, 4) is 0 Å². The second kappa shape index (κ2) is 3.88. The third kappa shape index (κ3) is 1.99. The van der Waals surface area contributed by atoms with Crippen molar-refractivity contribution in [2.45, 2.75) is 30.6 Å². The molecule has 4 heteroatoms. The fourth-order valence-corrected chi connectivity index (χ4v) is 2.39. The first kappa shape index (κ1) is 9.34. The first-order valence-electron chi connectivity index (χ1n) is 4.82. The summed E-state index contributed by atoms with van der Waals surface area (Å²) < 4.78 is 5.26. The van der Waals surface area contributed by atoms with Gasteiger partial charge in [0.2, 0.25) is 5.91 Å². The topological polar surface area (TPSA) is 29.5 Å². The molecule has 1 atom stereocenters. The highest BCUT2D eigenvalue weighted by atomic mass is 32.1. The summed E-state index contributed by atoms with van der Waals surface area (Å²) >= 11 is 4.34. The third-order valence-corrected chi connectivity index (χ3v) is 3.12. The summed E-state index contributed by atoms with van der Waals surface area (Å²) in [5.41, 5.74) is 0. The van der Waals surface area contributed by atoms with Gasteiger partial charge in [-0.05, 0) is 12.8 Å². The number of likely N-dealkylation sites (tertiary alicyclic amines) is 1. The second-order valence-electron chi connectivity index (χ2n) is 3.75. The molecule has 2 fully saturated rings. The SMILES string of the molecule is O=C1CC(S)CN1C1CCOCC1. The molecule has 0 aromatic rings. The van der Waals surface area contributed by atoms with Crippen LogP contribution in [0.25, 0.3) is 0 Å². The van der Waals surface area contributed by atoms with Gasteiger partial charge in [0.25, 0.3) is 0 Å². The van der Waals surface area contributed by atoms with E-state index in [1.165, 1.54) is 0 Å². The van der Waals surface area contributed by atoms with Gasteiger partial charge in [0, 0.05) is 37.5 Å². The number of hydrogen-bond donors (Lipinski definition) is 1. The summed E-state index contributed by atoms with van der Waals surface area (Å²) in [6.07, 6.45) is 2.60. The van der Waals surface area contributed by atoms with E-state index in [4.69, 9.17) is 4.74 Å². The molecule has 0 bridgehead atoms. The number of thiol groups is 1. The molecule has 2 aliphatic rings. The van der Waals surface area contributed by atoms with Crippen molar-refractivity contribution in [1.29, 1.82) is 0 Å². The van der Waals surface area contributed by atoms with Crippen molar-refractivity contribution >= 4 is 18.5 Å². The van der Waals surface area contributed by atoms with Gasteiger partial charge in [-0.3, -0.25) is 4.79 Å². The molecular weight excluding hydrogens is 186 g/mol. The lowest BCUT2D eigenvalue weighted by atomic mass is 10.1. The summed E-state index contributed by atoms with van der Waals surface area (Å²) in [6.45, 7) is 2.42. The van der Waals surface area contributed by atoms with Gasteiger partial charge in [-0.25, -0.2) is 0 Å². The van der Waals surface area contributed by atoms with E-state index in [1.807, 2.05) is 4.90 Å². The van der Waals surface area contributed by atoms with E-state index in [0.717, 1.165) is 32.6 Å². The van der Waals surface area contributed by atoms with Crippen molar-refractivity contribution in [3.63, 3.8) is 0 Å². The van der Waals surface area contributed by atoms with Crippen molar-refractivity contribution in [2.24, 2.45) is 0 Å². The van der Waals surface area contributed by atoms with E-state index in [1.54, 1.807) is 0 Å². The number of carbonyl (C=O) groups is 1. The minimum Gasteiger partial charge on any atom is -0.381 e. The van der Waals surface area contributed by atoms with E-state index in [-0.39, 0.29) is 11.2 Å². The number of nitrogens with zero attached hydrogens (tertiary/aromatic N) is 1. The van der Waals surface area contributed by atoms with Crippen LogP contribution in [0.2, 0.25) is 0 Å². The monoisotopic (exact) mass is 201 g/mol. The third-order valence-electron chi connectivity index (χ3n) is 2.77. The molecule has 0 aliphatic carbocycles. The fourth-order valence-electron chi connectivity index (χ4n) is 2.06. The number of amides is 1. The van der Waals surface area contributed by atoms with Gasteiger partial charge >= 0.3 is 0 Å². The molecule has 1 amide bonds. The summed E-state index contributed by atoms with van der Waals surface area (Å²) in [5.74, 6) is 0.270. The van der Waals surface area contributed by atoms with E-state index < -0.39 is 0 Å². The van der Waals surface area contributed by atoms with Crippen LogP contribution < -0.4 is 0 Å². The Hall–Kier alpha value is -0.220. The molecule has 0 saturated carbocycles. The normalized spacial score (nSPS) is 31.3. The van der Waals surface area contributed by atoms with Crippen LogP contribution in [0.5, 0.6) is 0 Å². The molecule has 0 aromatic heterocycles. The predicted octanol–water partition coefficient (Wildman–Crippen LogP) is 0.696. The molecule has 0 spiro atoms. The van der Waals surface area contributed by atoms with Crippen LogP contribution >= 0.6 is 12.6 Å². The summed E-state index contributed by atoms with van der Waals surface area (Å²) in [4.78, 5) is 13.5. The van der Waals surface area contributed by atoms with Crippen molar-refractivity contribution in [1.82, 2.24) is 4.90 Å². The first-order valence-corrected chi connectivity index (χ1v) is 5.34. The van der Waals surface area contributed by atoms with Gasteiger partial charge in [-0.2, -0.15) is 12.6 Å². The summed E-state index contributed by atoms with van der Waals surface area (Å²) in [7, 11) is 0. The van der Waals surface area contributed by atoms with Crippen LogP contribution in [0.3, 0.4) is 0 Å². The standard InChI is InChI=1S/C9H15NO2S/c11-9-5-8(13)6-10(9)7-1-3-12-4-2-7/h7-8,13H,1-6H2. The minimum absolute atomic E-state index is 0.246. The van der Waals surface area contributed by atoms with Crippen LogP contribution in [0, 0.1) is 0 Å². The van der Waals surface area contributed by atoms with Crippen molar-refractivity contribution in [2.75, 3.05) is 19.8 Å². The maximum absolute atomic E-state index is 11.5. The first-order chi connectivity index (χ1) is 6.27.